The number of carboxylic acid groups (broad SMARTS) is 1. The Morgan fingerprint density at radius 1 is 1.17 bits per heavy atom. The summed E-state index contributed by atoms with van der Waals surface area (Å²) < 4.78 is 15.7. The second kappa shape index (κ2) is 11.1. The van der Waals surface area contributed by atoms with Crippen LogP contribution in [-0.2, 0) is 4.79 Å². The molecular weight excluding hydrogens is 435 g/mol. The normalized spacial score (nSPS) is 10.5. The monoisotopic (exact) mass is 452 g/mol. The van der Waals surface area contributed by atoms with E-state index in [4.69, 9.17) is 42.5 Å². The van der Waals surface area contributed by atoms with E-state index in [1.807, 2.05) is 0 Å². The van der Waals surface area contributed by atoms with Crippen LogP contribution in [0.2, 0.25) is 10.0 Å². The lowest BCUT2D eigenvalue weighted by Crippen LogP contribution is -2.17. The second-order valence-electron chi connectivity index (χ2n) is 5.66. The van der Waals surface area contributed by atoms with E-state index in [9.17, 15) is 9.59 Å². The number of halogens is 2. The van der Waals surface area contributed by atoms with Crippen LogP contribution in [0, 0.1) is 0 Å². The van der Waals surface area contributed by atoms with Crippen molar-refractivity contribution < 1.29 is 28.9 Å². The zero-order valence-electron chi connectivity index (χ0n) is 15.9. The Kier molecular flexibility index (Phi) is 8.52. The molecule has 2 aromatic rings. The third-order valence-electron chi connectivity index (χ3n) is 3.52. The lowest BCUT2D eigenvalue weighted by Gasteiger charge is -2.10. The van der Waals surface area contributed by atoms with E-state index in [1.165, 1.54) is 31.5 Å². The fourth-order valence-corrected chi connectivity index (χ4v) is 2.85. The molecule has 2 N–H and O–H groups in total. The number of hydrazone groups is 1. The Bertz CT molecular complexity index is 955. The van der Waals surface area contributed by atoms with Gasteiger partial charge in [0.05, 0.1) is 23.4 Å². The van der Waals surface area contributed by atoms with Gasteiger partial charge in [-0.1, -0.05) is 35.9 Å². The van der Waals surface area contributed by atoms with Crippen LogP contribution >= 0.6 is 23.2 Å². The minimum absolute atomic E-state index is 0.0489. The molecule has 30 heavy (non-hydrogen) atoms. The van der Waals surface area contributed by atoms with Crippen LogP contribution in [-0.4, -0.2) is 43.5 Å². The highest BCUT2D eigenvalue weighted by molar-refractivity contribution is 6.37. The molecule has 0 unspecified atom stereocenters. The van der Waals surface area contributed by atoms with Crippen LogP contribution < -0.4 is 19.6 Å². The average molecular weight is 453 g/mol. The smallest absolute Gasteiger partial charge is 0.341 e. The fraction of sp³-hybridized carbons (Fsp3) is 0.150. The fourth-order valence-electron chi connectivity index (χ4n) is 2.23. The molecule has 0 heterocycles. The Balaban J connectivity index is 2.07. The molecule has 1 amide bonds. The summed E-state index contributed by atoms with van der Waals surface area (Å²) in [5.74, 6) is -0.713. The van der Waals surface area contributed by atoms with E-state index >= 15 is 0 Å². The first-order valence-corrected chi connectivity index (χ1v) is 9.20. The summed E-state index contributed by atoms with van der Waals surface area (Å²) in [4.78, 5) is 22.9. The van der Waals surface area contributed by atoms with Crippen molar-refractivity contribution in [2.45, 2.75) is 0 Å². The zero-order valence-corrected chi connectivity index (χ0v) is 17.4. The molecule has 0 aliphatic rings. The van der Waals surface area contributed by atoms with Gasteiger partial charge in [-0.3, -0.25) is 4.79 Å². The van der Waals surface area contributed by atoms with Crippen LogP contribution in [0.3, 0.4) is 0 Å². The van der Waals surface area contributed by atoms with Gasteiger partial charge in [0.2, 0.25) is 0 Å². The van der Waals surface area contributed by atoms with Crippen LogP contribution in [0.25, 0.3) is 0 Å². The third-order valence-corrected chi connectivity index (χ3v) is 4.08. The molecule has 0 aromatic heterocycles. The molecule has 0 atom stereocenters. The number of rotatable bonds is 10. The molecule has 2 aromatic carbocycles. The van der Waals surface area contributed by atoms with Crippen molar-refractivity contribution in [2.75, 3.05) is 20.3 Å². The first-order chi connectivity index (χ1) is 14.3. The van der Waals surface area contributed by atoms with Gasteiger partial charge in [0.1, 0.15) is 6.61 Å². The first-order valence-electron chi connectivity index (χ1n) is 8.44. The number of methoxy groups -OCH3 is 1. The summed E-state index contributed by atoms with van der Waals surface area (Å²) in [6, 6.07) is 7.63. The molecule has 2 rings (SSSR count). The Labute approximate surface area is 182 Å². The summed E-state index contributed by atoms with van der Waals surface area (Å²) in [5, 5.41) is 12.8. The van der Waals surface area contributed by atoms with Crippen molar-refractivity contribution in [3.63, 3.8) is 0 Å². The molecule has 0 aliphatic carbocycles. The summed E-state index contributed by atoms with van der Waals surface area (Å²) >= 11 is 12.1. The molecule has 158 valence electrons. The topological polar surface area (TPSA) is 106 Å². The van der Waals surface area contributed by atoms with Crippen molar-refractivity contribution in [1.29, 1.82) is 0 Å². The summed E-state index contributed by atoms with van der Waals surface area (Å²) in [5.41, 5.74) is 3.16. The number of benzene rings is 2. The maximum atomic E-state index is 12.3. The first kappa shape index (κ1) is 23.1. The van der Waals surface area contributed by atoms with Gasteiger partial charge in [0.25, 0.3) is 5.91 Å². The summed E-state index contributed by atoms with van der Waals surface area (Å²) in [6.07, 6.45) is 2.92. The summed E-state index contributed by atoms with van der Waals surface area (Å²) in [6.45, 7) is 3.30. The van der Waals surface area contributed by atoms with E-state index in [0.717, 1.165) is 0 Å². The van der Waals surface area contributed by atoms with Gasteiger partial charge < -0.3 is 19.3 Å². The molecule has 0 saturated heterocycles. The van der Waals surface area contributed by atoms with Gasteiger partial charge >= 0.3 is 5.97 Å². The average Bonchev–Trinajstić information content (AvgIpc) is 2.71. The SMILES string of the molecule is C=CCOc1ccc(C(=O)N/N=C/c2cc(Cl)c(OCC(=O)O)c(Cl)c2)cc1OC. The van der Waals surface area contributed by atoms with Crippen molar-refractivity contribution in [1.82, 2.24) is 5.43 Å². The molecule has 8 nitrogen and oxygen atoms in total. The molecule has 0 aliphatic heterocycles. The predicted octanol–water partition coefficient (Wildman–Crippen LogP) is 3.79. The number of carboxylic acids is 1. The minimum Gasteiger partial charge on any atom is -0.493 e. The predicted molar refractivity (Wildman–Crippen MR) is 113 cm³/mol. The number of carbonyl (C=O) groups excluding carboxylic acids is 1. The van der Waals surface area contributed by atoms with E-state index in [1.54, 1.807) is 18.2 Å². The molecule has 0 radical (unpaired) electrons. The van der Waals surface area contributed by atoms with Gasteiger partial charge in [-0.15, -0.1) is 0 Å². The highest BCUT2D eigenvalue weighted by atomic mass is 35.5. The number of aliphatic carboxylic acids is 1. The zero-order chi connectivity index (χ0) is 22.1. The highest BCUT2D eigenvalue weighted by Gasteiger charge is 2.12. The van der Waals surface area contributed by atoms with Gasteiger partial charge in [0, 0.05) is 5.56 Å². The maximum absolute atomic E-state index is 12.3. The quantitative estimate of drug-likeness (QED) is 0.322. The lowest BCUT2D eigenvalue weighted by molar-refractivity contribution is -0.139. The minimum atomic E-state index is -1.16. The van der Waals surface area contributed by atoms with Gasteiger partial charge in [-0.05, 0) is 35.9 Å². The molecule has 0 spiro atoms. The second-order valence-corrected chi connectivity index (χ2v) is 6.47. The van der Waals surface area contributed by atoms with Gasteiger partial charge in [-0.2, -0.15) is 5.10 Å². The summed E-state index contributed by atoms with van der Waals surface area (Å²) in [7, 11) is 1.47. The highest BCUT2D eigenvalue weighted by Crippen LogP contribution is 2.33. The molecule has 0 fully saturated rings. The van der Waals surface area contributed by atoms with Crippen molar-refractivity contribution in [3.05, 3.63) is 64.2 Å². The third kappa shape index (κ3) is 6.40. The van der Waals surface area contributed by atoms with Crippen LogP contribution in [0.5, 0.6) is 17.2 Å². The van der Waals surface area contributed by atoms with E-state index < -0.39 is 18.5 Å². The number of amides is 1. The Morgan fingerprint density at radius 2 is 1.87 bits per heavy atom. The molecular formula is C20H18Cl2N2O6. The maximum Gasteiger partial charge on any atom is 0.341 e. The van der Waals surface area contributed by atoms with E-state index in [0.29, 0.717) is 29.2 Å². The van der Waals surface area contributed by atoms with Crippen LogP contribution in [0.4, 0.5) is 0 Å². The Morgan fingerprint density at radius 3 is 2.47 bits per heavy atom. The van der Waals surface area contributed by atoms with Crippen LogP contribution in [0.1, 0.15) is 15.9 Å². The van der Waals surface area contributed by atoms with E-state index in [2.05, 4.69) is 17.1 Å². The Hall–Kier alpha value is -3.23. The van der Waals surface area contributed by atoms with Crippen molar-refractivity contribution in [3.8, 4) is 17.2 Å². The number of nitrogens with zero attached hydrogens (tertiary/aromatic N) is 1. The lowest BCUT2D eigenvalue weighted by atomic mass is 10.2. The molecule has 0 bridgehead atoms. The number of nitrogens with one attached hydrogen (secondary N) is 1. The molecule has 0 saturated carbocycles. The standard InChI is InChI=1S/C20H18Cl2N2O6/c1-3-6-29-16-5-4-13(9-17(16)28-2)20(27)24-23-10-12-7-14(21)19(15(22)8-12)30-11-18(25)26/h3-5,7-10H,1,6,11H2,2H3,(H,24,27)(H,25,26)/b23-10+. The van der Waals surface area contributed by atoms with Crippen molar-refractivity contribution >= 4 is 41.3 Å². The molecule has 10 heteroatoms. The number of ether oxygens (including phenoxy) is 3. The van der Waals surface area contributed by atoms with Crippen LogP contribution in [0.15, 0.2) is 48.1 Å². The van der Waals surface area contributed by atoms with Gasteiger partial charge in [0.15, 0.2) is 23.9 Å². The number of hydrogen-bond acceptors (Lipinski definition) is 6. The van der Waals surface area contributed by atoms with Crippen molar-refractivity contribution in [2.24, 2.45) is 5.10 Å². The largest absolute Gasteiger partial charge is 0.493 e. The number of carbonyl (C=O) groups is 2. The number of hydrogen-bond donors (Lipinski definition) is 2. The van der Waals surface area contributed by atoms with E-state index in [-0.39, 0.29) is 15.8 Å². The van der Waals surface area contributed by atoms with Gasteiger partial charge in [-0.25, -0.2) is 10.2 Å².